The molecule has 3 aliphatic heterocycles. The number of allylic oxidation sites excluding steroid dienone is 1. The number of nitrogens with one attached hydrogen (secondary N) is 1. The molecule has 7 nitrogen and oxygen atoms in total. The van der Waals surface area contributed by atoms with Gasteiger partial charge in [0.05, 0.1) is 42.5 Å². The lowest BCUT2D eigenvalue weighted by atomic mass is 10.1. The van der Waals surface area contributed by atoms with Gasteiger partial charge >= 0.3 is 0 Å². The molecule has 1 aromatic rings. The number of amides is 1. The van der Waals surface area contributed by atoms with Gasteiger partial charge in [-0.15, -0.1) is 0 Å². The Morgan fingerprint density at radius 3 is 3.23 bits per heavy atom. The minimum absolute atomic E-state index is 0.0773. The SMILES string of the molecule is CC1=C(C(=O)N[C@@H]2COCC[C@@H]2OCc2ccccn2)SC2=NCCN21. The fourth-order valence-electron chi connectivity index (χ4n) is 3.29. The number of hydrogen-bond acceptors (Lipinski definition) is 7. The number of aromatic nitrogens is 1. The first-order chi connectivity index (χ1) is 12.7. The van der Waals surface area contributed by atoms with Crippen LogP contribution in [0, 0.1) is 0 Å². The van der Waals surface area contributed by atoms with Crippen LogP contribution in [0.5, 0.6) is 0 Å². The highest BCUT2D eigenvalue weighted by Gasteiger charge is 2.35. The lowest BCUT2D eigenvalue weighted by Gasteiger charge is -2.32. The maximum absolute atomic E-state index is 12.8. The second-order valence-electron chi connectivity index (χ2n) is 6.45. The second-order valence-corrected chi connectivity index (χ2v) is 7.42. The van der Waals surface area contributed by atoms with E-state index in [1.54, 1.807) is 6.20 Å². The minimum Gasteiger partial charge on any atom is -0.379 e. The van der Waals surface area contributed by atoms with Crippen LogP contribution in [0.4, 0.5) is 0 Å². The van der Waals surface area contributed by atoms with E-state index < -0.39 is 0 Å². The van der Waals surface area contributed by atoms with Crippen LogP contribution >= 0.6 is 11.8 Å². The number of aliphatic imine (C=N–C) groups is 1. The lowest BCUT2D eigenvalue weighted by molar-refractivity contribution is -0.122. The van der Waals surface area contributed by atoms with Gasteiger partial charge in [0, 0.05) is 25.0 Å². The number of pyridine rings is 1. The molecule has 1 fully saturated rings. The summed E-state index contributed by atoms with van der Waals surface area (Å²) in [4.78, 5) is 24.3. The predicted molar refractivity (Wildman–Crippen MR) is 99.5 cm³/mol. The fourth-order valence-corrected chi connectivity index (χ4v) is 4.37. The van der Waals surface area contributed by atoms with Crippen molar-refractivity contribution >= 4 is 22.8 Å². The van der Waals surface area contributed by atoms with E-state index in [0.717, 1.165) is 41.0 Å². The average Bonchev–Trinajstić information content (AvgIpc) is 3.25. The molecule has 2 atom stereocenters. The largest absolute Gasteiger partial charge is 0.379 e. The Morgan fingerprint density at radius 1 is 1.50 bits per heavy atom. The van der Waals surface area contributed by atoms with E-state index in [2.05, 4.69) is 20.2 Å². The molecule has 0 spiro atoms. The highest BCUT2D eigenvalue weighted by molar-refractivity contribution is 8.18. The molecule has 0 saturated carbocycles. The Hall–Kier alpha value is -1.90. The van der Waals surface area contributed by atoms with Crippen LogP contribution < -0.4 is 5.32 Å². The third-order valence-electron chi connectivity index (χ3n) is 4.72. The summed E-state index contributed by atoms with van der Waals surface area (Å²) in [7, 11) is 0. The third kappa shape index (κ3) is 3.62. The molecule has 26 heavy (non-hydrogen) atoms. The van der Waals surface area contributed by atoms with Gasteiger partial charge in [-0.2, -0.15) is 0 Å². The zero-order valence-electron chi connectivity index (χ0n) is 14.7. The number of hydrogen-bond donors (Lipinski definition) is 1. The zero-order chi connectivity index (χ0) is 17.9. The monoisotopic (exact) mass is 374 g/mol. The van der Waals surface area contributed by atoms with Crippen molar-refractivity contribution in [3.05, 3.63) is 40.7 Å². The molecule has 8 heteroatoms. The molecule has 138 valence electrons. The molecule has 3 aliphatic rings. The number of rotatable bonds is 5. The van der Waals surface area contributed by atoms with Gasteiger partial charge < -0.3 is 19.7 Å². The molecular formula is C18H22N4O3S. The van der Waals surface area contributed by atoms with E-state index in [1.165, 1.54) is 11.8 Å². The van der Waals surface area contributed by atoms with Crippen LogP contribution in [0.3, 0.4) is 0 Å². The van der Waals surface area contributed by atoms with Crippen LogP contribution in [0.1, 0.15) is 19.0 Å². The number of fused-ring (bicyclic) bond motifs is 1. The first-order valence-corrected chi connectivity index (χ1v) is 9.65. The summed E-state index contributed by atoms with van der Waals surface area (Å²) >= 11 is 1.45. The molecule has 0 unspecified atom stereocenters. The van der Waals surface area contributed by atoms with E-state index in [0.29, 0.717) is 19.8 Å². The summed E-state index contributed by atoms with van der Waals surface area (Å²) in [6.07, 6.45) is 2.42. The minimum atomic E-state index is -0.168. The van der Waals surface area contributed by atoms with E-state index in [1.807, 2.05) is 25.1 Å². The summed E-state index contributed by atoms with van der Waals surface area (Å²) in [6, 6.07) is 5.59. The van der Waals surface area contributed by atoms with Gasteiger partial charge in [0.25, 0.3) is 5.91 Å². The predicted octanol–water partition coefficient (Wildman–Crippen LogP) is 1.52. The molecule has 4 heterocycles. The Balaban J connectivity index is 1.38. The Bertz CT molecular complexity index is 737. The number of nitrogens with zero attached hydrogens (tertiary/aromatic N) is 3. The van der Waals surface area contributed by atoms with Gasteiger partial charge in [0.15, 0.2) is 5.17 Å². The first-order valence-electron chi connectivity index (χ1n) is 8.83. The molecule has 4 rings (SSSR count). The van der Waals surface area contributed by atoms with Crippen LogP contribution in [0.15, 0.2) is 40.0 Å². The summed E-state index contributed by atoms with van der Waals surface area (Å²) in [5.41, 5.74) is 1.86. The van der Waals surface area contributed by atoms with Gasteiger partial charge in [0.2, 0.25) is 0 Å². The van der Waals surface area contributed by atoms with E-state index in [4.69, 9.17) is 9.47 Å². The highest BCUT2D eigenvalue weighted by atomic mass is 32.2. The number of thioether (sulfide) groups is 1. The smallest absolute Gasteiger partial charge is 0.260 e. The number of carbonyl (C=O) groups excluding carboxylic acids is 1. The van der Waals surface area contributed by atoms with Crippen molar-refractivity contribution in [2.45, 2.75) is 32.1 Å². The van der Waals surface area contributed by atoms with Crippen LogP contribution in [0.2, 0.25) is 0 Å². The maximum Gasteiger partial charge on any atom is 0.260 e. The van der Waals surface area contributed by atoms with Gasteiger partial charge in [-0.1, -0.05) is 6.07 Å². The Kier molecular flexibility index (Phi) is 5.23. The van der Waals surface area contributed by atoms with Crippen LogP contribution in [-0.4, -0.2) is 59.4 Å². The molecule has 0 radical (unpaired) electrons. The average molecular weight is 374 g/mol. The first kappa shape index (κ1) is 17.5. The molecule has 1 saturated heterocycles. The van der Waals surface area contributed by atoms with E-state index in [-0.39, 0.29) is 18.1 Å². The van der Waals surface area contributed by atoms with Gasteiger partial charge in [-0.25, -0.2) is 0 Å². The summed E-state index contributed by atoms with van der Waals surface area (Å²) in [5.74, 6) is -0.0773. The van der Waals surface area contributed by atoms with Crippen molar-refractivity contribution in [1.82, 2.24) is 15.2 Å². The molecule has 1 amide bonds. The van der Waals surface area contributed by atoms with Gasteiger partial charge in [-0.05, 0) is 37.2 Å². The number of ether oxygens (including phenoxy) is 2. The summed E-state index contributed by atoms with van der Waals surface area (Å²) in [6.45, 7) is 5.16. The maximum atomic E-state index is 12.8. The number of amidine groups is 1. The summed E-state index contributed by atoms with van der Waals surface area (Å²) in [5, 5.41) is 4.02. The van der Waals surface area contributed by atoms with Crippen molar-refractivity contribution in [1.29, 1.82) is 0 Å². The molecule has 1 aromatic heterocycles. The summed E-state index contributed by atoms with van der Waals surface area (Å²) < 4.78 is 11.6. The van der Waals surface area contributed by atoms with Gasteiger partial charge in [0.1, 0.15) is 0 Å². The lowest BCUT2D eigenvalue weighted by Crippen LogP contribution is -2.50. The Labute approximate surface area is 156 Å². The van der Waals surface area contributed by atoms with Crippen molar-refractivity contribution in [2.75, 3.05) is 26.3 Å². The molecule has 1 N–H and O–H groups in total. The molecular weight excluding hydrogens is 352 g/mol. The standard InChI is InChI=1S/C18H22N4O3S/c1-12-16(26-18-20-7-8-22(12)18)17(23)21-14-11-24-9-5-15(14)25-10-13-4-2-3-6-19-13/h2-4,6,14-15H,5,7-11H2,1H3,(H,21,23)/t14-,15+/m1/s1. The second kappa shape index (κ2) is 7.77. The normalized spacial score (nSPS) is 25.3. The molecule has 0 aliphatic carbocycles. The van der Waals surface area contributed by atoms with Crippen LogP contribution in [0.25, 0.3) is 0 Å². The molecule has 0 bridgehead atoms. The van der Waals surface area contributed by atoms with Crippen LogP contribution in [-0.2, 0) is 20.9 Å². The van der Waals surface area contributed by atoms with E-state index in [9.17, 15) is 4.79 Å². The van der Waals surface area contributed by atoms with Crippen molar-refractivity contribution in [3.63, 3.8) is 0 Å². The van der Waals surface area contributed by atoms with Crippen molar-refractivity contribution in [2.24, 2.45) is 4.99 Å². The van der Waals surface area contributed by atoms with Crippen molar-refractivity contribution in [3.8, 4) is 0 Å². The third-order valence-corrected chi connectivity index (χ3v) is 5.93. The molecule has 0 aromatic carbocycles. The number of carbonyl (C=O) groups is 1. The van der Waals surface area contributed by atoms with Gasteiger partial charge in [-0.3, -0.25) is 14.8 Å². The van der Waals surface area contributed by atoms with E-state index >= 15 is 0 Å². The highest BCUT2D eigenvalue weighted by Crippen LogP contribution is 2.36. The van der Waals surface area contributed by atoms with Crippen molar-refractivity contribution < 1.29 is 14.3 Å². The zero-order valence-corrected chi connectivity index (χ0v) is 15.5. The quantitative estimate of drug-likeness (QED) is 0.842. The fraction of sp³-hybridized carbons (Fsp3) is 0.500. The topological polar surface area (TPSA) is 76.0 Å². The Morgan fingerprint density at radius 2 is 2.42 bits per heavy atom.